The number of nitrogens with one attached hydrogen (secondary N) is 1. The number of halogens is 1. The highest BCUT2D eigenvalue weighted by Crippen LogP contribution is 2.55. The Morgan fingerprint density at radius 3 is 2.38 bits per heavy atom. The zero-order valence-electron chi connectivity index (χ0n) is 18.4. The maximum Gasteiger partial charge on any atom is 0.257 e. The SMILES string of the molecule is CN1C(=O)C2(CCC2)c2cc(NC(=O)c3ccc(I)cc3N3CCC4(CC3)CC4)ccc21. The lowest BCUT2D eigenvalue weighted by atomic mass is 9.65. The highest BCUT2D eigenvalue weighted by Gasteiger charge is 2.53. The van der Waals surface area contributed by atoms with Gasteiger partial charge in [-0.3, -0.25) is 9.59 Å². The summed E-state index contributed by atoms with van der Waals surface area (Å²) in [6.07, 6.45) is 8.09. The summed E-state index contributed by atoms with van der Waals surface area (Å²) < 4.78 is 1.15. The second-order valence-corrected chi connectivity index (χ2v) is 11.4. The molecule has 4 aliphatic rings. The van der Waals surface area contributed by atoms with E-state index in [2.05, 4.69) is 38.9 Å². The first-order valence-corrected chi connectivity index (χ1v) is 12.8. The highest BCUT2D eigenvalue weighted by atomic mass is 127. The Balaban J connectivity index is 1.27. The molecule has 2 amide bonds. The lowest BCUT2D eigenvalue weighted by Gasteiger charge is -2.36. The average molecular weight is 541 g/mol. The predicted molar refractivity (Wildman–Crippen MR) is 136 cm³/mol. The summed E-state index contributed by atoms with van der Waals surface area (Å²) in [5.74, 6) is 0.115. The highest BCUT2D eigenvalue weighted by molar-refractivity contribution is 14.1. The first kappa shape index (κ1) is 20.5. The predicted octanol–water partition coefficient (Wildman–Crippen LogP) is 5.32. The van der Waals surface area contributed by atoms with Crippen molar-refractivity contribution in [3.8, 4) is 0 Å². The van der Waals surface area contributed by atoms with Crippen molar-refractivity contribution >= 4 is 51.5 Å². The Morgan fingerprint density at radius 2 is 1.72 bits per heavy atom. The van der Waals surface area contributed by atoms with Gasteiger partial charge in [-0.25, -0.2) is 0 Å². The van der Waals surface area contributed by atoms with Gasteiger partial charge in [-0.1, -0.05) is 6.42 Å². The maximum absolute atomic E-state index is 13.4. The van der Waals surface area contributed by atoms with E-state index < -0.39 is 0 Å². The van der Waals surface area contributed by atoms with E-state index in [4.69, 9.17) is 0 Å². The molecule has 2 aromatic carbocycles. The quantitative estimate of drug-likeness (QED) is 0.536. The molecule has 1 saturated heterocycles. The van der Waals surface area contributed by atoms with Crippen LogP contribution in [0.4, 0.5) is 17.1 Å². The summed E-state index contributed by atoms with van der Waals surface area (Å²) in [4.78, 5) is 30.4. The molecule has 2 heterocycles. The van der Waals surface area contributed by atoms with Gasteiger partial charge in [0.2, 0.25) is 5.91 Å². The van der Waals surface area contributed by atoms with Crippen LogP contribution in [-0.4, -0.2) is 32.0 Å². The zero-order chi connectivity index (χ0) is 22.1. The molecule has 32 heavy (non-hydrogen) atoms. The van der Waals surface area contributed by atoms with E-state index in [9.17, 15) is 9.59 Å². The summed E-state index contributed by atoms with van der Waals surface area (Å²) >= 11 is 2.33. The second kappa shape index (κ2) is 7.20. The van der Waals surface area contributed by atoms with Gasteiger partial charge >= 0.3 is 0 Å². The Bertz CT molecular complexity index is 1130. The number of piperidine rings is 1. The fourth-order valence-corrected chi connectivity index (χ4v) is 6.38. The number of likely N-dealkylation sites (N-methyl/N-ethyl adjacent to an activating group) is 1. The molecule has 3 fully saturated rings. The number of hydrogen-bond acceptors (Lipinski definition) is 3. The number of nitrogens with zero attached hydrogens (tertiary/aromatic N) is 2. The van der Waals surface area contributed by atoms with Crippen molar-refractivity contribution in [2.75, 3.05) is 35.3 Å². The van der Waals surface area contributed by atoms with Crippen LogP contribution >= 0.6 is 22.6 Å². The molecular weight excluding hydrogens is 513 g/mol. The van der Waals surface area contributed by atoms with Crippen molar-refractivity contribution < 1.29 is 9.59 Å². The van der Waals surface area contributed by atoms with Gasteiger partial charge in [0.05, 0.1) is 16.7 Å². The molecule has 6 heteroatoms. The van der Waals surface area contributed by atoms with E-state index in [0.717, 1.165) is 64.1 Å². The van der Waals surface area contributed by atoms with Gasteiger partial charge in [-0.2, -0.15) is 0 Å². The van der Waals surface area contributed by atoms with E-state index in [-0.39, 0.29) is 17.2 Å². The van der Waals surface area contributed by atoms with Gasteiger partial charge in [0.15, 0.2) is 0 Å². The first-order valence-electron chi connectivity index (χ1n) is 11.7. The molecule has 6 rings (SSSR count). The number of rotatable bonds is 3. The minimum Gasteiger partial charge on any atom is -0.371 e. The average Bonchev–Trinajstić information content (AvgIpc) is 3.47. The number of anilines is 3. The van der Waals surface area contributed by atoms with E-state index in [0.29, 0.717) is 5.41 Å². The monoisotopic (exact) mass is 541 g/mol. The third-order valence-electron chi connectivity index (χ3n) is 8.38. The standard InChI is InChI=1S/C26H28IN3O2/c1-29-21-6-4-18(16-20(21)26(24(29)32)7-2-8-26)28-23(31)19-5-3-17(27)15-22(19)30-13-11-25(9-10-25)12-14-30/h3-6,15-16H,2,7-14H2,1H3,(H,28,31). The fraction of sp³-hybridized carbons (Fsp3) is 0.462. The second-order valence-electron chi connectivity index (χ2n) is 10.1. The molecule has 0 unspecified atom stereocenters. The van der Waals surface area contributed by atoms with Gasteiger partial charge in [-0.05, 0) is 108 Å². The van der Waals surface area contributed by atoms with E-state index in [1.54, 1.807) is 4.90 Å². The van der Waals surface area contributed by atoms with Crippen molar-refractivity contribution in [3.05, 3.63) is 51.1 Å². The molecule has 1 N–H and O–H groups in total. The summed E-state index contributed by atoms with van der Waals surface area (Å²) in [5, 5.41) is 3.13. The van der Waals surface area contributed by atoms with Crippen LogP contribution in [0.1, 0.15) is 60.9 Å². The van der Waals surface area contributed by atoms with Gasteiger partial charge in [0.1, 0.15) is 0 Å². The van der Waals surface area contributed by atoms with Gasteiger partial charge in [-0.15, -0.1) is 0 Å². The number of benzene rings is 2. The van der Waals surface area contributed by atoms with Crippen molar-refractivity contribution in [2.45, 2.75) is 50.4 Å². The maximum atomic E-state index is 13.4. The lowest BCUT2D eigenvalue weighted by molar-refractivity contribution is -0.125. The molecule has 2 aliphatic carbocycles. The molecule has 0 radical (unpaired) electrons. The Hall–Kier alpha value is -2.09. The Morgan fingerprint density at radius 1 is 0.969 bits per heavy atom. The molecule has 2 aromatic rings. The topological polar surface area (TPSA) is 52.7 Å². The van der Waals surface area contributed by atoms with E-state index >= 15 is 0 Å². The summed E-state index contributed by atoms with van der Waals surface area (Å²) in [6.45, 7) is 2.05. The molecule has 2 saturated carbocycles. The first-order chi connectivity index (χ1) is 15.4. The van der Waals surface area contributed by atoms with Crippen LogP contribution in [0, 0.1) is 8.99 Å². The van der Waals surface area contributed by atoms with Crippen LogP contribution in [0.15, 0.2) is 36.4 Å². The number of amides is 2. The van der Waals surface area contributed by atoms with Crippen LogP contribution in [-0.2, 0) is 10.2 Å². The van der Waals surface area contributed by atoms with E-state index in [1.165, 1.54) is 25.7 Å². The fourth-order valence-electron chi connectivity index (χ4n) is 5.90. The third-order valence-corrected chi connectivity index (χ3v) is 9.05. The number of carbonyl (C=O) groups is 2. The number of carbonyl (C=O) groups excluding carboxylic acids is 2. The van der Waals surface area contributed by atoms with Crippen LogP contribution in [0.25, 0.3) is 0 Å². The van der Waals surface area contributed by atoms with Crippen molar-refractivity contribution in [1.29, 1.82) is 0 Å². The number of hydrogen-bond donors (Lipinski definition) is 1. The molecule has 0 bridgehead atoms. The van der Waals surface area contributed by atoms with Crippen LogP contribution in [0.3, 0.4) is 0 Å². The summed E-state index contributed by atoms with van der Waals surface area (Å²) in [6, 6.07) is 12.0. The third kappa shape index (κ3) is 3.09. The van der Waals surface area contributed by atoms with Gasteiger partial charge in [0.25, 0.3) is 5.91 Å². The van der Waals surface area contributed by atoms with Crippen LogP contribution in [0.5, 0.6) is 0 Å². The summed E-state index contributed by atoms with van der Waals surface area (Å²) in [7, 11) is 1.86. The minimum atomic E-state index is -0.370. The van der Waals surface area contributed by atoms with Crippen LogP contribution < -0.4 is 15.1 Å². The van der Waals surface area contributed by atoms with E-state index in [1.807, 2.05) is 37.4 Å². The lowest BCUT2D eigenvalue weighted by Crippen LogP contribution is -2.43. The zero-order valence-corrected chi connectivity index (χ0v) is 20.6. The van der Waals surface area contributed by atoms with Crippen LogP contribution in [0.2, 0.25) is 0 Å². The smallest absolute Gasteiger partial charge is 0.257 e. The van der Waals surface area contributed by atoms with Crippen molar-refractivity contribution in [3.63, 3.8) is 0 Å². The number of fused-ring (bicyclic) bond motifs is 2. The van der Waals surface area contributed by atoms with Gasteiger partial charge in [0, 0.05) is 35.1 Å². The van der Waals surface area contributed by atoms with Crippen molar-refractivity contribution in [2.24, 2.45) is 5.41 Å². The molecule has 5 nitrogen and oxygen atoms in total. The van der Waals surface area contributed by atoms with Gasteiger partial charge < -0.3 is 15.1 Å². The molecule has 2 spiro atoms. The molecular formula is C26H28IN3O2. The van der Waals surface area contributed by atoms with Crippen molar-refractivity contribution in [1.82, 2.24) is 0 Å². The Kier molecular flexibility index (Phi) is 4.62. The molecule has 2 aliphatic heterocycles. The minimum absolute atomic E-state index is 0.0802. The molecule has 166 valence electrons. The normalized spacial score (nSPS) is 22.1. The molecule has 0 atom stereocenters. The molecule has 0 aromatic heterocycles. The largest absolute Gasteiger partial charge is 0.371 e. The Labute approximate surface area is 202 Å². The summed E-state index contributed by atoms with van der Waals surface area (Å²) in [5.41, 5.74) is 4.81.